The highest BCUT2D eigenvalue weighted by atomic mass is 35.5. The molecule has 3 unspecified atom stereocenters. The maximum Gasteiger partial charge on any atom is 0.224 e. The third-order valence-electron chi connectivity index (χ3n) is 4.88. The fourth-order valence-corrected chi connectivity index (χ4v) is 3.74. The van der Waals surface area contributed by atoms with Crippen LogP contribution in [0.1, 0.15) is 33.1 Å². The molecule has 2 N–H and O–H groups in total. The van der Waals surface area contributed by atoms with Crippen LogP contribution in [-0.2, 0) is 9.53 Å². The summed E-state index contributed by atoms with van der Waals surface area (Å²) in [6, 6.07) is 8.09. The van der Waals surface area contributed by atoms with E-state index >= 15 is 0 Å². The first-order valence-electron chi connectivity index (χ1n) is 9.12. The van der Waals surface area contributed by atoms with Crippen molar-refractivity contribution in [2.45, 2.75) is 45.3 Å². The lowest BCUT2D eigenvalue weighted by Crippen LogP contribution is -2.45. The maximum absolute atomic E-state index is 12.4. The van der Waals surface area contributed by atoms with E-state index in [0.29, 0.717) is 12.3 Å². The summed E-state index contributed by atoms with van der Waals surface area (Å²) in [5.74, 6) is 0.760. The van der Waals surface area contributed by atoms with Crippen molar-refractivity contribution in [1.29, 1.82) is 0 Å². The van der Waals surface area contributed by atoms with Crippen LogP contribution in [0, 0.1) is 5.92 Å². The lowest BCUT2D eigenvalue weighted by Gasteiger charge is -2.37. The Morgan fingerprint density at radius 2 is 1.92 bits per heavy atom. The van der Waals surface area contributed by atoms with Crippen molar-refractivity contribution in [3.05, 3.63) is 24.3 Å². The predicted octanol–water partition coefficient (Wildman–Crippen LogP) is 3.47. The van der Waals surface area contributed by atoms with Crippen molar-refractivity contribution < 1.29 is 9.53 Å². The van der Waals surface area contributed by atoms with E-state index < -0.39 is 0 Å². The molecule has 2 aliphatic rings. The third kappa shape index (κ3) is 6.31. The summed E-state index contributed by atoms with van der Waals surface area (Å²) in [4.78, 5) is 14.7. The average Bonchev–Trinajstić information content (AvgIpc) is 3.06. The van der Waals surface area contributed by atoms with Gasteiger partial charge in [-0.25, -0.2) is 0 Å². The molecule has 148 valence electrons. The zero-order valence-electron chi connectivity index (χ0n) is 15.6. The molecular weight excluding hydrogens is 373 g/mol. The molecule has 0 saturated carbocycles. The summed E-state index contributed by atoms with van der Waals surface area (Å²) in [5, 5.41) is 6.48. The van der Waals surface area contributed by atoms with Crippen LogP contribution in [0.3, 0.4) is 0 Å². The molecule has 1 amide bonds. The van der Waals surface area contributed by atoms with E-state index in [0.717, 1.165) is 44.0 Å². The van der Waals surface area contributed by atoms with Gasteiger partial charge in [-0.15, -0.1) is 24.8 Å². The number of rotatable bonds is 5. The molecule has 7 heteroatoms. The van der Waals surface area contributed by atoms with Crippen LogP contribution in [-0.4, -0.2) is 44.3 Å². The number of hydrogen-bond donors (Lipinski definition) is 2. The van der Waals surface area contributed by atoms with Crippen molar-refractivity contribution in [3.8, 4) is 0 Å². The average molecular weight is 404 g/mol. The number of benzene rings is 1. The number of amides is 1. The minimum atomic E-state index is 0. The van der Waals surface area contributed by atoms with Gasteiger partial charge in [-0.05, 0) is 57.8 Å². The minimum Gasteiger partial charge on any atom is -0.372 e. The van der Waals surface area contributed by atoms with Crippen molar-refractivity contribution in [3.63, 3.8) is 0 Å². The lowest BCUT2D eigenvalue weighted by molar-refractivity contribution is -0.116. The van der Waals surface area contributed by atoms with Gasteiger partial charge in [0.15, 0.2) is 0 Å². The highest BCUT2D eigenvalue weighted by Gasteiger charge is 2.24. The highest BCUT2D eigenvalue weighted by Crippen LogP contribution is 2.29. The molecule has 1 aromatic rings. The number of para-hydroxylation sites is 2. The number of anilines is 2. The van der Waals surface area contributed by atoms with Crippen LogP contribution in [0.4, 0.5) is 11.4 Å². The fourth-order valence-electron chi connectivity index (χ4n) is 3.74. The number of nitrogens with one attached hydrogen (secondary N) is 2. The summed E-state index contributed by atoms with van der Waals surface area (Å²) >= 11 is 0. The first-order chi connectivity index (χ1) is 11.6. The molecule has 3 atom stereocenters. The molecule has 0 aromatic heterocycles. The van der Waals surface area contributed by atoms with E-state index in [2.05, 4.69) is 35.4 Å². The Balaban J connectivity index is 0.00000169. The molecule has 0 spiro atoms. The zero-order chi connectivity index (χ0) is 16.9. The Labute approximate surface area is 169 Å². The van der Waals surface area contributed by atoms with Gasteiger partial charge < -0.3 is 20.3 Å². The normalized spacial score (nSPS) is 25.2. The van der Waals surface area contributed by atoms with Gasteiger partial charge in [0.2, 0.25) is 5.91 Å². The summed E-state index contributed by atoms with van der Waals surface area (Å²) in [5.41, 5.74) is 2.00. The molecule has 2 fully saturated rings. The number of carbonyl (C=O) groups excluding carboxylic acids is 1. The molecule has 2 saturated heterocycles. The van der Waals surface area contributed by atoms with Crippen LogP contribution >= 0.6 is 24.8 Å². The van der Waals surface area contributed by atoms with Gasteiger partial charge in [0, 0.05) is 19.5 Å². The number of morpholine rings is 1. The van der Waals surface area contributed by atoms with Crippen LogP contribution in [0.25, 0.3) is 0 Å². The van der Waals surface area contributed by atoms with Crippen LogP contribution in [0.15, 0.2) is 24.3 Å². The molecule has 0 radical (unpaired) electrons. The SMILES string of the molecule is CC1CN(c2ccccc2NC(=O)CCC2CCNC2)CC(C)O1.Cl.Cl. The second-order valence-corrected chi connectivity index (χ2v) is 7.13. The molecule has 2 heterocycles. The van der Waals surface area contributed by atoms with Crippen molar-refractivity contribution in [1.82, 2.24) is 5.32 Å². The third-order valence-corrected chi connectivity index (χ3v) is 4.88. The van der Waals surface area contributed by atoms with Crippen LogP contribution in [0.5, 0.6) is 0 Å². The van der Waals surface area contributed by atoms with Crippen LogP contribution in [0.2, 0.25) is 0 Å². The van der Waals surface area contributed by atoms with Gasteiger partial charge >= 0.3 is 0 Å². The van der Waals surface area contributed by atoms with E-state index in [1.165, 1.54) is 6.42 Å². The van der Waals surface area contributed by atoms with Crippen molar-refractivity contribution in [2.24, 2.45) is 5.92 Å². The van der Waals surface area contributed by atoms with E-state index in [1.807, 2.05) is 18.2 Å². The quantitative estimate of drug-likeness (QED) is 0.789. The van der Waals surface area contributed by atoms with E-state index in [1.54, 1.807) is 0 Å². The van der Waals surface area contributed by atoms with E-state index in [4.69, 9.17) is 4.74 Å². The Kier molecular flexibility index (Phi) is 9.72. The summed E-state index contributed by atoms with van der Waals surface area (Å²) in [7, 11) is 0. The predicted molar refractivity (Wildman–Crippen MR) is 112 cm³/mol. The molecule has 0 aliphatic carbocycles. The Hall–Kier alpha value is -1.01. The minimum absolute atomic E-state index is 0. The van der Waals surface area contributed by atoms with Crippen LogP contribution < -0.4 is 15.5 Å². The topological polar surface area (TPSA) is 53.6 Å². The van der Waals surface area contributed by atoms with Gasteiger partial charge in [-0.3, -0.25) is 4.79 Å². The molecule has 26 heavy (non-hydrogen) atoms. The molecule has 3 rings (SSSR count). The monoisotopic (exact) mass is 403 g/mol. The Morgan fingerprint density at radius 3 is 2.58 bits per heavy atom. The Morgan fingerprint density at radius 1 is 1.23 bits per heavy atom. The second-order valence-electron chi connectivity index (χ2n) is 7.13. The molecule has 2 aliphatic heterocycles. The maximum atomic E-state index is 12.4. The zero-order valence-corrected chi connectivity index (χ0v) is 17.2. The first-order valence-corrected chi connectivity index (χ1v) is 9.12. The Bertz CT molecular complexity index is 557. The fraction of sp³-hybridized carbons (Fsp3) is 0.632. The van der Waals surface area contributed by atoms with Gasteiger partial charge in [0.25, 0.3) is 0 Å². The van der Waals surface area contributed by atoms with Gasteiger partial charge in [-0.2, -0.15) is 0 Å². The van der Waals surface area contributed by atoms with Gasteiger partial charge in [-0.1, -0.05) is 12.1 Å². The summed E-state index contributed by atoms with van der Waals surface area (Å²) in [6.07, 6.45) is 3.15. The number of carbonyl (C=O) groups is 1. The van der Waals surface area contributed by atoms with E-state index in [9.17, 15) is 4.79 Å². The molecule has 1 aromatic carbocycles. The largest absolute Gasteiger partial charge is 0.372 e. The number of nitrogens with zero attached hydrogens (tertiary/aromatic N) is 1. The molecule has 0 bridgehead atoms. The number of halogens is 2. The van der Waals surface area contributed by atoms with Gasteiger partial charge in [0.05, 0.1) is 23.6 Å². The van der Waals surface area contributed by atoms with Gasteiger partial charge in [0.1, 0.15) is 0 Å². The van der Waals surface area contributed by atoms with Crippen molar-refractivity contribution >= 4 is 42.1 Å². The molecular formula is C19H31Cl2N3O2. The van der Waals surface area contributed by atoms with Crippen molar-refractivity contribution in [2.75, 3.05) is 36.4 Å². The second kappa shape index (κ2) is 11.0. The summed E-state index contributed by atoms with van der Waals surface area (Å²) in [6.45, 7) is 8.03. The highest BCUT2D eigenvalue weighted by molar-refractivity contribution is 5.94. The lowest BCUT2D eigenvalue weighted by atomic mass is 10.0. The number of ether oxygens (including phenoxy) is 1. The standard InChI is InChI=1S/C19H29N3O2.2ClH/c1-14-12-22(13-15(2)24-14)18-6-4-3-5-17(18)21-19(23)8-7-16-9-10-20-11-16;;/h3-6,14-16,20H,7-13H2,1-2H3,(H,21,23);2*1H. The molecule has 5 nitrogen and oxygen atoms in total. The summed E-state index contributed by atoms with van der Waals surface area (Å²) < 4.78 is 5.82. The van der Waals surface area contributed by atoms with E-state index in [-0.39, 0.29) is 42.9 Å². The smallest absolute Gasteiger partial charge is 0.224 e. The first kappa shape index (κ1) is 23.0. The number of hydrogen-bond acceptors (Lipinski definition) is 4.